The van der Waals surface area contributed by atoms with Crippen molar-refractivity contribution in [2.75, 3.05) is 0 Å². The van der Waals surface area contributed by atoms with E-state index < -0.39 is 0 Å². The maximum atomic E-state index is 12.4. The lowest BCUT2D eigenvalue weighted by Gasteiger charge is -2.06. The molecule has 28 heavy (non-hydrogen) atoms. The van der Waals surface area contributed by atoms with Gasteiger partial charge in [-0.05, 0) is 19.1 Å². The van der Waals surface area contributed by atoms with Crippen molar-refractivity contribution in [1.82, 2.24) is 34.8 Å². The molecule has 4 aromatic rings. The third kappa shape index (κ3) is 3.52. The Balaban J connectivity index is 1.40. The van der Waals surface area contributed by atoms with E-state index in [2.05, 4.69) is 25.5 Å². The van der Waals surface area contributed by atoms with Gasteiger partial charge in [0, 0.05) is 12.7 Å². The number of nitrogens with zero attached hydrogens (tertiary/aromatic N) is 6. The SMILES string of the molecule is CCn1cc(-c2noc(CNC(=O)Cn3cnc4ccccc4c3=O)n2)cn1. The molecule has 0 fully saturated rings. The molecular formula is C18H17N7O3. The highest BCUT2D eigenvalue weighted by molar-refractivity contribution is 5.78. The smallest absolute Gasteiger partial charge is 0.261 e. The highest BCUT2D eigenvalue weighted by Gasteiger charge is 2.12. The van der Waals surface area contributed by atoms with Crippen LogP contribution >= 0.6 is 0 Å². The van der Waals surface area contributed by atoms with Crippen LogP contribution in [0.3, 0.4) is 0 Å². The summed E-state index contributed by atoms with van der Waals surface area (Å²) in [6, 6.07) is 6.99. The predicted octanol–water partition coefficient (Wildman–Crippen LogP) is 0.979. The molecule has 1 aromatic carbocycles. The van der Waals surface area contributed by atoms with Gasteiger partial charge in [0.1, 0.15) is 6.54 Å². The Morgan fingerprint density at radius 1 is 1.29 bits per heavy atom. The average molecular weight is 379 g/mol. The topological polar surface area (TPSA) is 121 Å². The molecule has 0 aliphatic heterocycles. The van der Waals surface area contributed by atoms with Crippen LogP contribution in [0.5, 0.6) is 0 Å². The molecule has 0 spiro atoms. The molecule has 3 aromatic heterocycles. The van der Waals surface area contributed by atoms with Crippen LogP contribution < -0.4 is 10.9 Å². The van der Waals surface area contributed by atoms with Crippen LogP contribution in [0, 0.1) is 0 Å². The van der Waals surface area contributed by atoms with Gasteiger partial charge in [0.05, 0.1) is 35.5 Å². The van der Waals surface area contributed by atoms with Crippen LogP contribution in [-0.2, 0) is 24.4 Å². The Kier molecular flexibility index (Phi) is 4.67. The summed E-state index contributed by atoms with van der Waals surface area (Å²) in [5.41, 5.74) is 1.06. The molecule has 10 nitrogen and oxygen atoms in total. The Morgan fingerprint density at radius 2 is 2.14 bits per heavy atom. The minimum absolute atomic E-state index is 0.0590. The summed E-state index contributed by atoms with van der Waals surface area (Å²) in [6.07, 6.45) is 4.82. The van der Waals surface area contributed by atoms with E-state index in [0.717, 1.165) is 12.1 Å². The third-order valence-corrected chi connectivity index (χ3v) is 4.17. The summed E-state index contributed by atoms with van der Waals surface area (Å²) in [4.78, 5) is 33.0. The Bertz CT molecular complexity index is 1190. The molecule has 0 aliphatic rings. The summed E-state index contributed by atoms with van der Waals surface area (Å²) >= 11 is 0. The zero-order chi connectivity index (χ0) is 19.5. The number of benzene rings is 1. The fourth-order valence-corrected chi connectivity index (χ4v) is 2.70. The van der Waals surface area contributed by atoms with Crippen LogP contribution in [0.2, 0.25) is 0 Å². The number of para-hydroxylation sites is 1. The molecule has 0 bridgehead atoms. The number of rotatable bonds is 6. The molecule has 0 saturated heterocycles. The number of fused-ring (bicyclic) bond motifs is 1. The number of hydrogen-bond acceptors (Lipinski definition) is 7. The first kappa shape index (κ1) is 17.6. The van der Waals surface area contributed by atoms with Gasteiger partial charge >= 0.3 is 0 Å². The number of nitrogens with one attached hydrogen (secondary N) is 1. The largest absolute Gasteiger partial charge is 0.345 e. The van der Waals surface area contributed by atoms with Gasteiger partial charge in [-0.2, -0.15) is 10.1 Å². The maximum absolute atomic E-state index is 12.4. The quantitative estimate of drug-likeness (QED) is 0.530. The van der Waals surface area contributed by atoms with Crippen molar-refractivity contribution < 1.29 is 9.32 Å². The van der Waals surface area contributed by atoms with Gasteiger partial charge in [-0.15, -0.1) is 0 Å². The first-order valence-electron chi connectivity index (χ1n) is 8.70. The second-order valence-electron chi connectivity index (χ2n) is 6.07. The van der Waals surface area contributed by atoms with Crippen LogP contribution in [-0.4, -0.2) is 35.4 Å². The maximum Gasteiger partial charge on any atom is 0.261 e. The minimum Gasteiger partial charge on any atom is -0.345 e. The number of hydrogen-bond donors (Lipinski definition) is 1. The highest BCUT2D eigenvalue weighted by atomic mass is 16.5. The van der Waals surface area contributed by atoms with Gasteiger partial charge in [-0.3, -0.25) is 18.8 Å². The second-order valence-corrected chi connectivity index (χ2v) is 6.07. The molecule has 0 saturated carbocycles. The minimum atomic E-state index is -0.363. The van der Waals surface area contributed by atoms with Crippen LogP contribution in [0.4, 0.5) is 0 Å². The zero-order valence-electron chi connectivity index (χ0n) is 15.1. The third-order valence-electron chi connectivity index (χ3n) is 4.17. The lowest BCUT2D eigenvalue weighted by atomic mass is 10.2. The number of aryl methyl sites for hydroxylation is 1. The molecule has 4 rings (SSSR count). The van der Waals surface area contributed by atoms with Gasteiger partial charge in [-0.25, -0.2) is 4.98 Å². The van der Waals surface area contributed by atoms with E-state index in [0.29, 0.717) is 16.7 Å². The molecule has 0 aliphatic carbocycles. The zero-order valence-corrected chi connectivity index (χ0v) is 15.1. The van der Waals surface area contributed by atoms with Crippen molar-refractivity contribution in [3.05, 3.63) is 59.2 Å². The van der Waals surface area contributed by atoms with Crippen molar-refractivity contribution in [2.24, 2.45) is 0 Å². The van der Waals surface area contributed by atoms with Crippen molar-refractivity contribution in [1.29, 1.82) is 0 Å². The number of aromatic nitrogens is 6. The van der Waals surface area contributed by atoms with E-state index in [1.165, 1.54) is 10.9 Å². The Labute approximate surface area is 158 Å². The van der Waals surface area contributed by atoms with E-state index >= 15 is 0 Å². The number of carbonyl (C=O) groups is 1. The van der Waals surface area contributed by atoms with Gasteiger partial charge in [0.15, 0.2) is 0 Å². The van der Waals surface area contributed by atoms with Crippen molar-refractivity contribution >= 4 is 16.8 Å². The normalized spacial score (nSPS) is 11.0. The first-order valence-corrected chi connectivity index (χ1v) is 8.70. The van der Waals surface area contributed by atoms with E-state index in [-0.39, 0.29) is 30.4 Å². The summed E-state index contributed by atoms with van der Waals surface area (Å²) in [5, 5.41) is 11.2. The fourth-order valence-electron chi connectivity index (χ4n) is 2.70. The fraction of sp³-hybridized carbons (Fsp3) is 0.222. The van der Waals surface area contributed by atoms with Crippen molar-refractivity contribution in [3.63, 3.8) is 0 Å². The van der Waals surface area contributed by atoms with Gasteiger partial charge in [-0.1, -0.05) is 17.3 Å². The molecule has 0 atom stereocenters. The van der Waals surface area contributed by atoms with Crippen molar-refractivity contribution in [2.45, 2.75) is 26.6 Å². The predicted molar refractivity (Wildman–Crippen MR) is 99.0 cm³/mol. The van der Waals surface area contributed by atoms with Crippen LogP contribution in [0.1, 0.15) is 12.8 Å². The lowest BCUT2D eigenvalue weighted by molar-refractivity contribution is -0.122. The molecular weight excluding hydrogens is 362 g/mol. The van der Waals surface area contributed by atoms with Crippen LogP contribution in [0.15, 0.2) is 52.3 Å². The van der Waals surface area contributed by atoms with Crippen LogP contribution in [0.25, 0.3) is 22.3 Å². The van der Waals surface area contributed by atoms with E-state index in [9.17, 15) is 9.59 Å². The van der Waals surface area contributed by atoms with Crippen molar-refractivity contribution in [3.8, 4) is 11.4 Å². The molecule has 142 valence electrons. The first-order chi connectivity index (χ1) is 13.6. The molecule has 3 heterocycles. The van der Waals surface area contributed by atoms with Gasteiger partial charge in [0.2, 0.25) is 17.6 Å². The van der Waals surface area contributed by atoms with Gasteiger partial charge < -0.3 is 9.84 Å². The number of amides is 1. The molecule has 0 radical (unpaired) electrons. The van der Waals surface area contributed by atoms with E-state index in [1.807, 2.05) is 13.1 Å². The Hall–Kier alpha value is -3.82. The molecule has 10 heteroatoms. The summed E-state index contributed by atoms with van der Waals surface area (Å²) in [5.74, 6) is 0.299. The summed E-state index contributed by atoms with van der Waals surface area (Å²) in [6.45, 7) is 2.62. The Morgan fingerprint density at radius 3 is 2.96 bits per heavy atom. The van der Waals surface area contributed by atoms with E-state index in [1.54, 1.807) is 35.1 Å². The molecule has 1 N–H and O–H groups in total. The highest BCUT2D eigenvalue weighted by Crippen LogP contribution is 2.14. The number of carbonyl (C=O) groups excluding carboxylic acids is 1. The second kappa shape index (κ2) is 7.43. The summed E-state index contributed by atoms with van der Waals surface area (Å²) in [7, 11) is 0. The lowest BCUT2D eigenvalue weighted by Crippen LogP contribution is -2.32. The molecule has 0 unspecified atom stereocenters. The standard InChI is InChI=1S/C18H17N7O3/c1-2-25-9-12(7-21-25)17-22-16(28-23-17)8-19-15(26)10-24-11-20-14-6-4-3-5-13(14)18(24)27/h3-7,9,11H,2,8,10H2,1H3,(H,19,26). The summed E-state index contributed by atoms with van der Waals surface area (Å²) < 4.78 is 8.16. The van der Waals surface area contributed by atoms with E-state index in [4.69, 9.17) is 4.52 Å². The van der Waals surface area contributed by atoms with Gasteiger partial charge in [0.25, 0.3) is 5.56 Å². The monoisotopic (exact) mass is 379 g/mol. The average Bonchev–Trinajstić information content (AvgIpc) is 3.38. The molecule has 1 amide bonds.